The fourth-order valence-corrected chi connectivity index (χ4v) is 2.26. The van der Waals surface area contributed by atoms with Gasteiger partial charge in [-0.05, 0) is 24.6 Å². The maximum Gasteiger partial charge on any atom is 0.342 e. The van der Waals surface area contributed by atoms with E-state index in [0.717, 1.165) is 17.3 Å². The Bertz CT molecular complexity index is 845. The van der Waals surface area contributed by atoms with E-state index in [0.29, 0.717) is 12.4 Å². The lowest BCUT2D eigenvalue weighted by atomic mass is 10.2. The Morgan fingerprint density at radius 1 is 1.46 bits per heavy atom. The molecule has 2 aromatic rings. The van der Waals surface area contributed by atoms with Crippen molar-refractivity contribution < 1.29 is 9.53 Å². The molecule has 1 amide bonds. The number of nitrogens with one attached hydrogen (secondary N) is 3. The van der Waals surface area contributed by atoms with Crippen LogP contribution in [0.3, 0.4) is 0 Å². The summed E-state index contributed by atoms with van der Waals surface area (Å²) in [7, 11) is 0. The summed E-state index contributed by atoms with van der Waals surface area (Å²) < 4.78 is 5.36. The standard InChI is InChI=1S/C14H15N5O4S/c1-2-23-10-5-3-4-9(6-10)7-15-17-11(20)8-24-13-12(21)16-14(22)19-18-13/h3-7H,2,8H2,1H3,(H,17,20)(H2,16,19,21,22)/b15-7+. The Kier molecular flexibility index (Phi) is 6.32. The van der Waals surface area contributed by atoms with E-state index in [1.54, 1.807) is 6.07 Å². The number of hydrazone groups is 1. The molecule has 0 saturated carbocycles. The number of amides is 1. The summed E-state index contributed by atoms with van der Waals surface area (Å²) in [5.41, 5.74) is 1.76. The molecule has 9 nitrogen and oxygen atoms in total. The maximum atomic E-state index is 11.7. The molecule has 126 valence electrons. The van der Waals surface area contributed by atoms with Crippen LogP contribution in [0.15, 0.2) is 44.0 Å². The van der Waals surface area contributed by atoms with E-state index < -0.39 is 17.2 Å². The SMILES string of the molecule is CCOc1cccc(/C=N/NC(=O)CSc2n[nH]c(=O)[nH]c2=O)c1. The predicted octanol–water partition coefficient (Wildman–Crippen LogP) is 0.0993. The van der Waals surface area contributed by atoms with Crippen molar-refractivity contribution in [2.75, 3.05) is 12.4 Å². The van der Waals surface area contributed by atoms with Crippen molar-refractivity contribution in [2.45, 2.75) is 11.9 Å². The number of H-pyrrole nitrogens is 2. The van der Waals surface area contributed by atoms with E-state index in [9.17, 15) is 14.4 Å². The number of benzene rings is 1. The number of nitrogens with zero attached hydrogens (tertiary/aromatic N) is 2. The zero-order valence-electron chi connectivity index (χ0n) is 12.7. The quantitative estimate of drug-likeness (QED) is 0.369. The topological polar surface area (TPSA) is 129 Å². The van der Waals surface area contributed by atoms with Crippen molar-refractivity contribution in [3.63, 3.8) is 0 Å². The van der Waals surface area contributed by atoms with Crippen LogP contribution in [0.1, 0.15) is 12.5 Å². The van der Waals surface area contributed by atoms with Gasteiger partial charge in [-0.2, -0.15) is 10.2 Å². The fourth-order valence-electron chi connectivity index (χ4n) is 1.63. The molecule has 0 atom stereocenters. The van der Waals surface area contributed by atoms with Crippen LogP contribution in [-0.2, 0) is 4.79 Å². The molecule has 24 heavy (non-hydrogen) atoms. The van der Waals surface area contributed by atoms with Crippen LogP contribution in [0.25, 0.3) is 0 Å². The van der Waals surface area contributed by atoms with E-state index in [1.807, 2.05) is 30.1 Å². The number of thioether (sulfide) groups is 1. The third-order valence-electron chi connectivity index (χ3n) is 2.59. The lowest BCUT2D eigenvalue weighted by Crippen LogP contribution is -2.26. The highest BCUT2D eigenvalue weighted by molar-refractivity contribution is 7.99. The van der Waals surface area contributed by atoms with Gasteiger partial charge >= 0.3 is 5.69 Å². The summed E-state index contributed by atoms with van der Waals surface area (Å²) in [5, 5.41) is 9.48. The molecule has 1 heterocycles. The Hall–Kier alpha value is -2.88. The summed E-state index contributed by atoms with van der Waals surface area (Å²) >= 11 is 0.888. The minimum atomic E-state index is -0.701. The van der Waals surface area contributed by atoms with Gasteiger partial charge in [-0.15, -0.1) is 0 Å². The minimum absolute atomic E-state index is 0.00172. The zero-order chi connectivity index (χ0) is 17.4. The third kappa shape index (κ3) is 5.39. The van der Waals surface area contributed by atoms with E-state index in [-0.39, 0.29) is 10.8 Å². The normalized spacial score (nSPS) is 10.7. The summed E-state index contributed by atoms with van der Waals surface area (Å²) in [6, 6.07) is 7.25. The number of carbonyl (C=O) groups excluding carboxylic acids is 1. The molecule has 0 aliphatic heterocycles. The number of aromatic nitrogens is 3. The number of rotatable bonds is 7. The van der Waals surface area contributed by atoms with Crippen molar-refractivity contribution in [3.05, 3.63) is 50.7 Å². The second-order valence-corrected chi connectivity index (χ2v) is 5.36. The van der Waals surface area contributed by atoms with Crippen LogP contribution < -0.4 is 21.4 Å². The number of ether oxygens (including phenoxy) is 1. The molecule has 0 aliphatic carbocycles. The molecule has 3 N–H and O–H groups in total. The molecule has 10 heteroatoms. The number of hydrogen-bond donors (Lipinski definition) is 3. The Labute approximate surface area is 140 Å². The highest BCUT2D eigenvalue weighted by Gasteiger charge is 2.07. The molecule has 0 aliphatic rings. The van der Waals surface area contributed by atoms with Crippen molar-refractivity contribution in [2.24, 2.45) is 5.10 Å². The van der Waals surface area contributed by atoms with Crippen molar-refractivity contribution >= 4 is 23.9 Å². The van der Waals surface area contributed by atoms with Crippen molar-refractivity contribution in [1.29, 1.82) is 0 Å². The highest BCUT2D eigenvalue weighted by atomic mass is 32.2. The van der Waals surface area contributed by atoms with Gasteiger partial charge in [-0.3, -0.25) is 14.6 Å². The van der Waals surface area contributed by atoms with Crippen LogP contribution in [0, 0.1) is 0 Å². The Morgan fingerprint density at radius 2 is 2.29 bits per heavy atom. The molecule has 0 saturated heterocycles. The summed E-state index contributed by atoms with van der Waals surface area (Å²) in [6.45, 7) is 2.45. The summed E-state index contributed by atoms with van der Waals surface area (Å²) in [6.07, 6.45) is 1.48. The molecule has 0 radical (unpaired) electrons. The lowest BCUT2D eigenvalue weighted by molar-refractivity contribution is -0.118. The lowest BCUT2D eigenvalue weighted by Gasteiger charge is -2.03. The van der Waals surface area contributed by atoms with Gasteiger partial charge in [0.05, 0.1) is 18.6 Å². The Balaban J connectivity index is 1.85. The van der Waals surface area contributed by atoms with Gasteiger partial charge < -0.3 is 4.74 Å². The first-order chi connectivity index (χ1) is 11.6. The van der Waals surface area contributed by atoms with Crippen molar-refractivity contribution in [1.82, 2.24) is 20.6 Å². The molecular weight excluding hydrogens is 334 g/mol. The number of carbonyl (C=O) groups is 1. The highest BCUT2D eigenvalue weighted by Crippen LogP contribution is 2.11. The fraction of sp³-hybridized carbons (Fsp3) is 0.214. The van der Waals surface area contributed by atoms with E-state index in [2.05, 4.69) is 20.7 Å². The largest absolute Gasteiger partial charge is 0.494 e. The van der Waals surface area contributed by atoms with E-state index in [4.69, 9.17) is 4.74 Å². The Morgan fingerprint density at radius 3 is 3.04 bits per heavy atom. The first kappa shape index (κ1) is 17.5. The van der Waals surface area contributed by atoms with E-state index in [1.165, 1.54) is 6.21 Å². The molecule has 2 rings (SSSR count). The zero-order valence-corrected chi connectivity index (χ0v) is 13.6. The van der Waals surface area contributed by atoms with Gasteiger partial charge in [0.15, 0.2) is 5.03 Å². The molecule has 0 spiro atoms. The average Bonchev–Trinajstić information content (AvgIpc) is 2.55. The second-order valence-electron chi connectivity index (χ2n) is 4.40. The molecule has 1 aromatic heterocycles. The molecular formula is C14H15N5O4S. The van der Waals surface area contributed by atoms with Crippen LogP contribution in [0.5, 0.6) is 5.75 Å². The van der Waals surface area contributed by atoms with Gasteiger partial charge in [-0.25, -0.2) is 15.3 Å². The monoisotopic (exact) mass is 349 g/mol. The van der Waals surface area contributed by atoms with Crippen LogP contribution in [0.4, 0.5) is 0 Å². The molecule has 1 aromatic carbocycles. The van der Waals surface area contributed by atoms with Gasteiger partial charge in [0.1, 0.15) is 5.75 Å². The van der Waals surface area contributed by atoms with E-state index >= 15 is 0 Å². The third-order valence-corrected chi connectivity index (χ3v) is 3.55. The molecule has 0 fully saturated rings. The smallest absolute Gasteiger partial charge is 0.342 e. The first-order valence-electron chi connectivity index (χ1n) is 6.95. The van der Waals surface area contributed by atoms with Gasteiger partial charge in [-0.1, -0.05) is 23.9 Å². The van der Waals surface area contributed by atoms with Gasteiger partial charge in [0, 0.05) is 0 Å². The second kappa shape index (κ2) is 8.67. The van der Waals surface area contributed by atoms with Gasteiger partial charge in [0.25, 0.3) is 5.56 Å². The molecule has 0 unspecified atom stereocenters. The summed E-state index contributed by atoms with van der Waals surface area (Å²) in [4.78, 5) is 35.9. The first-order valence-corrected chi connectivity index (χ1v) is 7.93. The van der Waals surface area contributed by atoms with Crippen LogP contribution in [-0.4, -0.2) is 39.7 Å². The number of aromatic amines is 2. The predicted molar refractivity (Wildman–Crippen MR) is 89.6 cm³/mol. The van der Waals surface area contributed by atoms with Crippen LogP contribution >= 0.6 is 11.8 Å². The summed E-state index contributed by atoms with van der Waals surface area (Å²) in [5.74, 6) is 0.231. The maximum absolute atomic E-state index is 11.7. The van der Waals surface area contributed by atoms with Gasteiger partial charge in [0.2, 0.25) is 5.91 Å². The number of hydrogen-bond acceptors (Lipinski definition) is 7. The average molecular weight is 349 g/mol. The van der Waals surface area contributed by atoms with Crippen molar-refractivity contribution in [3.8, 4) is 5.75 Å². The molecule has 0 bridgehead atoms. The van der Waals surface area contributed by atoms with Crippen LogP contribution in [0.2, 0.25) is 0 Å². The minimum Gasteiger partial charge on any atom is -0.494 e.